The Bertz CT molecular complexity index is 1340. The van der Waals surface area contributed by atoms with Crippen molar-refractivity contribution in [3.63, 3.8) is 0 Å². The molecule has 0 spiro atoms. The molecule has 2 aromatic heterocycles. The van der Waals surface area contributed by atoms with Crippen molar-refractivity contribution in [1.29, 1.82) is 0 Å². The number of ether oxygens (including phenoxy) is 2. The molecule has 0 fully saturated rings. The molecule has 4 aromatic rings. The standard InChI is InChI=1S/C26H32N6O3S/c1-26(2,3)29-23-22(17-11-13-19(34-5)14-12-17)28-24-32(23)30-25(36-24)31(4)16-21(33)27-15-18-9-7-8-10-20(18)35-6/h7-14,29H,15-16H2,1-6H3,(H,27,33). The number of hydrogen-bond donors (Lipinski definition) is 2. The van der Waals surface area contributed by atoms with Crippen LogP contribution in [0.4, 0.5) is 10.9 Å². The largest absolute Gasteiger partial charge is 0.497 e. The average Bonchev–Trinajstić information content (AvgIpc) is 3.41. The fourth-order valence-electron chi connectivity index (χ4n) is 3.69. The number of para-hydroxylation sites is 1. The Morgan fingerprint density at radius 1 is 1.08 bits per heavy atom. The van der Waals surface area contributed by atoms with Crippen molar-refractivity contribution in [2.75, 3.05) is 38.0 Å². The number of imidazole rings is 1. The van der Waals surface area contributed by atoms with Gasteiger partial charge in [-0.2, -0.15) is 4.52 Å². The fourth-order valence-corrected chi connectivity index (χ4v) is 4.55. The van der Waals surface area contributed by atoms with Gasteiger partial charge in [-0.3, -0.25) is 4.79 Å². The van der Waals surface area contributed by atoms with Gasteiger partial charge in [-0.05, 0) is 51.1 Å². The first-order valence-corrected chi connectivity index (χ1v) is 12.4. The topological polar surface area (TPSA) is 93.0 Å². The van der Waals surface area contributed by atoms with E-state index in [1.807, 2.05) is 65.0 Å². The van der Waals surface area contributed by atoms with Crippen LogP contribution in [0, 0.1) is 0 Å². The molecule has 1 amide bonds. The van der Waals surface area contributed by atoms with Crippen molar-refractivity contribution < 1.29 is 14.3 Å². The number of aromatic nitrogens is 3. The molecule has 2 heterocycles. The third-order valence-electron chi connectivity index (χ3n) is 5.43. The van der Waals surface area contributed by atoms with Crippen LogP contribution in [0.2, 0.25) is 0 Å². The summed E-state index contributed by atoms with van der Waals surface area (Å²) in [4.78, 5) is 20.1. The molecule has 9 nitrogen and oxygen atoms in total. The van der Waals surface area contributed by atoms with Crippen LogP contribution in [0.25, 0.3) is 16.2 Å². The van der Waals surface area contributed by atoms with Gasteiger partial charge in [0.25, 0.3) is 0 Å². The molecule has 0 aliphatic carbocycles. The number of methoxy groups -OCH3 is 2. The summed E-state index contributed by atoms with van der Waals surface area (Å²) in [7, 11) is 5.12. The van der Waals surface area contributed by atoms with E-state index in [1.165, 1.54) is 11.3 Å². The summed E-state index contributed by atoms with van der Waals surface area (Å²) in [6, 6.07) is 15.4. The van der Waals surface area contributed by atoms with E-state index < -0.39 is 0 Å². The highest BCUT2D eigenvalue weighted by atomic mass is 32.1. The van der Waals surface area contributed by atoms with Gasteiger partial charge in [0.05, 0.1) is 20.8 Å². The van der Waals surface area contributed by atoms with E-state index in [2.05, 4.69) is 31.4 Å². The molecule has 4 rings (SSSR count). The maximum absolute atomic E-state index is 12.6. The van der Waals surface area contributed by atoms with Crippen molar-refractivity contribution in [3.8, 4) is 22.8 Å². The van der Waals surface area contributed by atoms with Crippen LogP contribution in [0.1, 0.15) is 26.3 Å². The van der Waals surface area contributed by atoms with Gasteiger partial charge in [-0.15, -0.1) is 5.10 Å². The number of carbonyl (C=O) groups is 1. The molecule has 0 radical (unpaired) electrons. The summed E-state index contributed by atoms with van der Waals surface area (Å²) in [5.74, 6) is 2.23. The van der Waals surface area contributed by atoms with Crippen LogP contribution < -0.4 is 25.0 Å². The lowest BCUT2D eigenvalue weighted by Crippen LogP contribution is -2.35. The van der Waals surface area contributed by atoms with Crippen LogP contribution in [0.15, 0.2) is 48.5 Å². The van der Waals surface area contributed by atoms with Gasteiger partial charge < -0.3 is 25.0 Å². The number of benzene rings is 2. The summed E-state index contributed by atoms with van der Waals surface area (Å²) >= 11 is 1.43. The second-order valence-electron chi connectivity index (χ2n) is 9.44. The molecule has 0 aliphatic heterocycles. The van der Waals surface area contributed by atoms with Crippen molar-refractivity contribution in [2.24, 2.45) is 0 Å². The number of anilines is 2. The zero-order chi connectivity index (χ0) is 25.9. The Morgan fingerprint density at radius 2 is 1.81 bits per heavy atom. The molecular weight excluding hydrogens is 476 g/mol. The maximum Gasteiger partial charge on any atom is 0.239 e. The predicted octanol–water partition coefficient (Wildman–Crippen LogP) is 4.44. The lowest BCUT2D eigenvalue weighted by Gasteiger charge is -2.22. The maximum atomic E-state index is 12.6. The van der Waals surface area contributed by atoms with E-state index >= 15 is 0 Å². The highest BCUT2D eigenvalue weighted by molar-refractivity contribution is 7.20. The van der Waals surface area contributed by atoms with Gasteiger partial charge in [-0.1, -0.05) is 29.5 Å². The van der Waals surface area contributed by atoms with E-state index in [9.17, 15) is 4.79 Å². The van der Waals surface area contributed by atoms with Gasteiger partial charge in [0, 0.05) is 30.3 Å². The first kappa shape index (κ1) is 25.3. The minimum Gasteiger partial charge on any atom is -0.497 e. The second kappa shape index (κ2) is 10.4. The smallest absolute Gasteiger partial charge is 0.239 e. The van der Waals surface area contributed by atoms with Crippen LogP contribution in [0.5, 0.6) is 11.5 Å². The monoisotopic (exact) mass is 508 g/mol. The molecule has 0 bridgehead atoms. The lowest BCUT2D eigenvalue weighted by atomic mass is 10.1. The summed E-state index contributed by atoms with van der Waals surface area (Å²) in [5.41, 5.74) is 2.50. The Hall–Kier alpha value is -3.79. The summed E-state index contributed by atoms with van der Waals surface area (Å²) in [6.45, 7) is 6.84. The van der Waals surface area contributed by atoms with Crippen molar-refractivity contribution in [3.05, 3.63) is 54.1 Å². The van der Waals surface area contributed by atoms with Gasteiger partial charge in [-0.25, -0.2) is 4.98 Å². The quantitative estimate of drug-likeness (QED) is 0.345. The molecule has 0 saturated heterocycles. The fraction of sp³-hybridized carbons (Fsp3) is 0.346. The molecular formula is C26H32N6O3S. The van der Waals surface area contributed by atoms with Crippen molar-refractivity contribution >= 4 is 33.2 Å². The van der Waals surface area contributed by atoms with Crippen LogP contribution in [-0.4, -0.2) is 53.9 Å². The lowest BCUT2D eigenvalue weighted by molar-refractivity contribution is -0.119. The third-order valence-corrected chi connectivity index (χ3v) is 6.45. The van der Waals surface area contributed by atoms with Gasteiger partial charge in [0.1, 0.15) is 17.2 Å². The number of amides is 1. The second-order valence-corrected chi connectivity index (χ2v) is 10.4. The SMILES string of the molecule is COc1ccc(-c2nc3sc(N(C)CC(=O)NCc4ccccc4OC)nn3c2NC(C)(C)C)cc1. The predicted molar refractivity (Wildman–Crippen MR) is 144 cm³/mol. The highest BCUT2D eigenvalue weighted by Crippen LogP contribution is 2.35. The summed E-state index contributed by atoms with van der Waals surface area (Å²) < 4.78 is 12.5. The molecule has 0 aliphatic rings. The normalized spacial score (nSPS) is 11.4. The zero-order valence-corrected chi connectivity index (χ0v) is 22.3. The van der Waals surface area contributed by atoms with Crippen molar-refractivity contribution in [1.82, 2.24) is 19.9 Å². The van der Waals surface area contributed by atoms with Gasteiger partial charge in [0.2, 0.25) is 16.0 Å². The molecule has 0 saturated carbocycles. The molecule has 10 heteroatoms. The van der Waals surface area contributed by atoms with Crippen LogP contribution in [0.3, 0.4) is 0 Å². The van der Waals surface area contributed by atoms with E-state index in [0.29, 0.717) is 11.7 Å². The number of rotatable bonds is 9. The van der Waals surface area contributed by atoms with Gasteiger partial charge >= 0.3 is 0 Å². The minimum absolute atomic E-state index is 0.108. The Kier molecular flexibility index (Phi) is 7.35. The van der Waals surface area contributed by atoms with E-state index in [4.69, 9.17) is 19.6 Å². The van der Waals surface area contributed by atoms with E-state index in [0.717, 1.165) is 39.1 Å². The van der Waals surface area contributed by atoms with Crippen molar-refractivity contribution in [2.45, 2.75) is 32.9 Å². The highest BCUT2D eigenvalue weighted by Gasteiger charge is 2.23. The molecule has 0 unspecified atom stereocenters. The first-order valence-electron chi connectivity index (χ1n) is 11.6. The molecule has 190 valence electrons. The third kappa shape index (κ3) is 5.71. The number of nitrogens with one attached hydrogen (secondary N) is 2. The Labute approximate surface area is 215 Å². The Balaban J connectivity index is 1.53. The summed E-state index contributed by atoms with van der Waals surface area (Å²) in [6.07, 6.45) is 0. The number of fused-ring (bicyclic) bond motifs is 1. The number of nitrogens with zero attached hydrogens (tertiary/aromatic N) is 4. The average molecular weight is 509 g/mol. The first-order chi connectivity index (χ1) is 17.2. The molecule has 36 heavy (non-hydrogen) atoms. The zero-order valence-electron chi connectivity index (χ0n) is 21.5. The van der Waals surface area contributed by atoms with Gasteiger partial charge in [0.15, 0.2) is 5.82 Å². The number of carbonyl (C=O) groups excluding carboxylic acids is 1. The van der Waals surface area contributed by atoms with Crippen LogP contribution in [-0.2, 0) is 11.3 Å². The molecule has 2 aromatic carbocycles. The van der Waals surface area contributed by atoms with Crippen LogP contribution >= 0.6 is 11.3 Å². The minimum atomic E-state index is -0.203. The van der Waals surface area contributed by atoms with E-state index in [-0.39, 0.29) is 18.0 Å². The summed E-state index contributed by atoms with van der Waals surface area (Å²) in [5, 5.41) is 12.0. The number of hydrogen-bond acceptors (Lipinski definition) is 8. The molecule has 0 atom stereocenters. The molecule has 2 N–H and O–H groups in total. The Morgan fingerprint density at radius 3 is 2.47 bits per heavy atom. The van der Waals surface area contributed by atoms with E-state index in [1.54, 1.807) is 14.2 Å². The number of likely N-dealkylation sites (N-methyl/N-ethyl adjacent to an activating group) is 1.